The molecule has 0 fully saturated rings. The summed E-state index contributed by atoms with van der Waals surface area (Å²) in [5, 5.41) is 2.66. The van der Waals surface area contributed by atoms with E-state index in [2.05, 4.69) is 5.32 Å². The molecule has 4 rings (SSSR count). The second-order valence-corrected chi connectivity index (χ2v) is 8.62. The van der Waals surface area contributed by atoms with Crippen LogP contribution in [0.1, 0.15) is 0 Å². The van der Waals surface area contributed by atoms with E-state index < -0.39 is 28.3 Å². The van der Waals surface area contributed by atoms with Crippen molar-refractivity contribution >= 4 is 27.3 Å². The highest BCUT2D eigenvalue weighted by Gasteiger charge is 2.36. The van der Waals surface area contributed by atoms with Crippen LogP contribution in [0.5, 0.6) is 11.5 Å². The zero-order valence-corrected chi connectivity index (χ0v) is 17.6. The van der Waals surface area contributed by atoms with Crippen molar-refractivity contribution in [1.29, 1.82) is 0 Å². The van der Waals surface area contributed by atoms with Crippen molar-refractivity contribution in [3.8, 4) is 22.6 Å². The quantitative estimate of drug-likeness (QED) is 0.652. The molecule has 0 spiro atoms. The fourth-order valence-corrected chi connectivity index (χ4v) is 5.17. The maximum Gasteiger partial charge on any atom is 0.265 e. The number of fused-ring (bicyclic) bond motifs is 3. The molecular weight excluding hydrogens is 423 g/mol. The first kappa shape index (κ1) is 20.7. The second kappa shape index (κ2) is 7.92. The Balaban J connectivity index is 1.68. The van der Waals surface area contributed by atoms with Crippen LogP contribution >= 0.6 is 0 Å². The van der Waals surface area contributed by atoms with E-state index in [1.54, 1.807) is 36.4 Å². The van der Waals surface area contributed by atoms with E-state index in [0.717, 1.165) is 4.31 Å². The molecule has 1 aliphatic heterocycles. The fourth-order valence-electron chi connectivity index (χ4n) is 3.52. The topological polar surface area (TPSA) is 84.9 Å². The summed E-state index contributed by atoms with van der Waals surface area (Å²) in [6.45, 7) is -0.482. The zero-order chi connectivity index (χ0) is 22.2. The predicted molar refractivity (Wildman–Crippen MR) is 115 cm³/mol. The monoisotopic (exact) mass is 442 g/mol. The Morgan fingerprint density at radius 2 is 1.71 bits per heavy atom. The van der Waals surface area contributed by atoms with Gasteiger partial charge in [-0.1, -0.05) is 18.2 Å². The number of anilines is 2. The molecule has 0 saturated heterocycles. The van der Waals surface area contributed by atoms with Crippen molar-refractivity contribution in [2.75, 3.05) is 30.4 Å². The predicted octanol–water partition coefficient (Wildman–Crippen LogP) is 3.66. The van der Waals surface area contributed by atoms with Crippen molar-refractivity contribution in [2.45, 2.75) is 4.90 Å². The van der Waals surface area contributed by atoms with Crippen molar-refractivity contribution in [3.05, 3.63) is 66.5 Å². The highest BCUT2D eigenvalue weighted by molar-refractivity contribution is 7.93. The van der Waals surface area contributed by atoms with Gasteiger partial charge in [-0.25, -0.2) is 12.8 Å². The summed E-state index contributed by atoms with van der Waals surface area (Å²) in [4.78, 5) is 12.8. The van der Waals surface area contributed by atoms with Crippen molar-refractivity contribution in [1.82, 2.24) is 0 Å². The molecule has 9 heteroatoms. The molecule has 7 nitrogen and oxygen atoms in total. The van der Waals surface area contributed by atoms with Crippen LogP contribution in [0.25, 0.3) is 11.1 Å². The lowest BCUT2D eigenvalue weighted by Gasteiger charge is -2.31. The van der Waals surface area contributed by atoms with Crippen LogP contribution in [0.3, 0.4) is 0 Å². The van der Waals surface area contributed by atoms with Gasteiger partial charge in [0, 0.05) is 22.9 Å². The summed E-state index contributed by atoms with van der Waals surface area (Å²) in [6.07, 6.45) is 0. The summed E-state index contributed by atoms with van der Waals surface area (Å²) >= 11 is 0. The fraction of sp³-hybridized carbons (Fsp3) is 0.136. The van der Waals surface area contributed by atoms with Gasteiger partial charge in [0.2, 0.25) is 5.91 Å². The van der Waals surface area contributed by atoms with Crippen molar-refractivity contribution < 1.29 is 27.1 Å². The molecular formula is C22H19FN2O5S. The van der Waals surface area contributed by atoms with E-state index in [-0.39, 0.29) is 10.6 Å². The molecule has 1 aliphatic rings. The maximum atomic E-state index is 13.9. The van der Waals surface area contributed by atoms with E-state index >= 15 is 0 Å². The third-order valence-electron chi connectivity index (χ3n) is 4.93. The van der Waals surface area contributed by atoms with E-state index in [0.29, 0.717) is 28.3 Å². The summed E-state index contributed by atoms with van der Waals surface area (Å²) in [7, 11) is -1.05. The van der Waals surface area contributed by atoms with Crippen LogP contribution in [0, 0.1) is 5.82 Å². The molecule has 0 aromatic heterocycles. The Kier molecular flexibility index (Phi) is 5.28. The molecule has 160 valence electrons. The van der Waals surface area contributed by atoms with E-state index in [1.807, 2.05) is 0 Å². The first-order chi connectivity index (χ1) is 14.8. The summed E-state index contributed by atoms with van der Waals surface area (Å²) in [6, 6.07) is 14.9. The Labute approximate surface area is 179 Å². The van der Waals surface area contributed by atoms with Crippen molar-refractivity contribution in [3.63, 3.8) is 0 Å². The SMILES string of the molecule is COc1ccc(NC(=O)CN2c3ccc(F)cc3-c3ccccc3S2(=O)=O)cc1OC. The maximum absolute atomic E-state index is 13.9. The molecule has 31 heavy (non-hydrogen) atoms. The smallest absolute Gasteiger partial charge is 0.265 e. The molecule has 0 saturated carbocycles. The van der Waals surface area contributed by atoms with Gasteiger partial charge >= 0.3 is 0 Å². The molecule has 3 aromatic rings. The number of benzene rings is 3. The summed E-state index contributed by atoms with van der Waals surface area (Å²) < 4.78 is 51.8. The van der Waals surface area contributed by atoms with Gasteiger partial charge in [-0.15, -0.1) is 0 Å². The highest BCUT2D eigenvalue weighted by Crippen LogP contribution is 2.43. The summed E-state index contributed by atoms with van der Waals surface area (Å²) in [5.41, 5.74) is 1.46. The number of hydrogen-bond acceptors (Lipinski definition) is 5. The number of rotatable bonds is 5. The minimum Gasteiger partial charge on any atom is -0.493 e. The molecule has 0 unspecified atom stereocenters. The van der Waals surface area contributed by atoms with Crippen LogP contribution < -0.4 is 19.1 Å². The standard InChI is InChI=1S/C22H19FN2O5S/c1-29-19-10-8-15(12-20(19)30-2)24-22(26)13-25-18-9-7-14(23)11-17(18)16-5-3-4-6-21(16)31(25,27)28/h3-12H,13H2,1-2H3,(H,24,26). The summed E-state index contributed by atoms with van der Waals surface area (Å²) in [5.74, 6) is -0.152. The van der Waals surface area contributed by atoms with E-state index in [9.17, 15) is 17.6 Å². The van der Waals surface area contributed by atoms with Crippen LogP contribution in [-0.4, -0.2) is 35.1 Å². The number of hydrogen-bond donors (Lipinski definition) is 1. The number of carbonyl (C=O) groups excluding carboxylic acids is 1. The second-order valence-electron chi connectivity index (χ2n) is 6.79. The molecule has 1 amide bonds. The Bertz CT molecular complexity index is 1280. The van der Waals surface area contributed by atoms with E-state index in [1.165, 1.54) is 38.5 Å². The Hall–Kier alpha value is -3.59. The lowest BCUT2D eigenvalue weighted by atomic mass is 10.0. The first-order valence-electron chi connectivity index (χ1n) is 9.28. The number of sulfonamides is 1. The van der Waals surface area contributed by atoms with E-state index in [4.69, 9.17) is 9.47 Å². The van der Waals surface area contributed by atoms with Crippen LogP contribution in [-0.2, 0) is 14.8 Å². The Morgan fingerprint density at radius 3 is 2.45 bits per heavy atom. The number of nitrogens with zero attached hydrogens (tertiary/aromatic N) is 1. The first-order valence-corrected chi connectivity index (χ1v) is 10.7. The number of amides is 1. The number of ether oxygens (including phenoxy) is 2. The van der Waals surface area contributed by atoms with Crippen LogP contribution in [0.2, 0.25) is 0 Å². The minimum atomic E-state index is -4.01. The van der Waals surface area contributed by atoms with Gasteiger partial charge in [0.05, 0.1) is 24.8 Å². The molecule has 0 bridgehead atoms. The molecule has 0 atom stereocenters. The van der Waals surface area contributed by atoms with Gasteiger partial charge < -0.3 is 14.8 Å². The van der Waals surface area contributed by atoms with Gasteiger partial charge in [0.15, 0.2) is 11.5 Å². The average Bonchev–Trinajstić information content (AvgIpc) is 2.76. The average molecular weight is 442 g/mol. The van der Waals surface area contributed by atoms with Gasteiger partial charge in [0.1, 0.15) is 12.4 Å². The third-order valence-corrected chi connectivity index (χ3v) is 6.74. The van der Waals surface area contributed by atoms with Crippen LogP contribution in [0.15, 0.2) is 65.6 Å². The van der Waals surface area contributed by atoms with Gasteiger partial charge in [0.25, 0.3) is 10.0 Å². The molecule has 0 aliphatic carbocycles. The number of halogens is 1. The minimum absolute atomic E-state index is 0.0204. The Morgan fingerprint density at radius 1 is 0.968 bits per heavy atom. The normalized spacial score (nSPS) is 13.7. The zero-order valence-electron chi connectivity index (χ0n) is 16.8. The van der Waals surface area contributed by atoms with Crippen molar-refractivity contribution in [2.24, 2.45) is 0 Å². The third kappa shape index (κ3) is 3.68. The lowest BCUT2D eigenvalue weighted by Crippen LogP contribution is -2.40. The molecule has 1 N–H and O–H groups in total. The highest BCUT2D eigenvalue weighted by atomic mass is 32.2. The molecule has 0 radical (unpaired) electrons. The van der Waals surface area contributed by atoms with Gasteiger partial charge in [-0.2, -0.15) is 0 Å². The number of nitrogens with one attached hydrogen (secondary N) is 1. The molecule has 3 aromatic carbocycles. The largest absolute Gasteiger partial charge is 0.493 e. The number of carbonyl (C=O) groups is 1. The number of methoxy groups -OCH3 is 2. The lowest BCUT2D eigenvalue weighted by molar-refractivity contribution is -0.114. The van der Waals surface area contributed by atoms with Gasteiger partial charge in [-0.3, -0.25) is 9.10 Å². The van der Waals surface area contributed by atoms with Crippen LogP contribution in [0.4, 0.5) is 15.8 Å². The molecule has 1 heterocycles. The van der Waals surface area contributed by atoms with Gasteiger partial charge in [-0.05, 0) is 36.4 Å².